The highest BCUT2D eigenvalue weighted by Gasteiger charge is 2.10. The molecule has 0 unspecified atom stereocenters. The van der Waals surface area contributed by atoms with E-state index in [4.69, 9.17) is 4.74 Å². The van der Waals surface area contributed by atoms with Gasteiger partial charge in [-0.05, 0) is 18.6 Å². The van der Waals surface area contributed by atoms with Crippen molar-refractivity contribution in [3.63, 3.8) is 0 Å². The van der Waals surface area contributed by atoms with Crippen molar-refractivity contribution in [3.05, 3.63) is 30.3 Å². The third-order valence-electron chi connectivity index (χ3n) is 2.75. The summed E-state index contributed by atoms with van der Waals surface area (Å²) in [6.07, 6.45) is 0.931. The second-order valence-corrected chi connectivity index (χ2v) is 6.75. The van der Waals surface area contributed by atoms with Crippen LogP contribution in [0.2, 0.25) is 0 Å². The van der Waals surface area contributed by atoms with E-state index in [0.29, 0.717) is 28.9 Å². The number of hydrogen-bond donors (Lipinski definition) is 1. The van der Waals surface area contributed by atoms with Gasteiger partial charge in [0, 0.05) is 6.42 Å². The summed E-state index contributed by atoms with van der Waals surface area (Å²) in [6, 6.07) is 9.45. The zero-order chi connectivity index (χ0) is 17.2. The van der Waals surface area contributed by atoms with Gasteiger partial charge >= 0.3 is 5.97 Å². The molecular weight excluding hydrogens is 350 g/mol. The number of anilines is 1. The van der Waals surface area contributed by atoms with Gasteiger partial charge in [-0.15, -0.1) is 10.2 Å². The normalized spacial score (nSPS) is 10.2. The molecule has 0 fully saturated rings. The first-order valence-corrected chi connectivity index (χ1v) is 8.98. The predicted molar refractivity (Wildman–Crippen MR) is 92.4 cm³/mol. The maximum Gasteiger partial charge on any atom is 0.316 e. The average Bonchev–Trinajstić information content (AvgIpc) is 3.05. The van der Waals surface area contributed by atoms with Gasteiger partial charge in [0.25, 0.3) is 0 Å². The van der Waals surface area contributed by atoms with Crippen molar-refractivity contribution in [2.24, 2.45) is 0 Å². The maximum absolute atomic E-state index is 11.8. The van der Waals surface area contributed by atoms with Crippen LogP contribution in [0, 0.1) is 0 Å². The van der Waals surface area contributed by atoms with Crippen molar-refractivity contribution in [1.82, 2.24) is 10.2 Å². The van der Waals surface area contributed by atoms with Crippen molar-refractivity contribution < 1.29 is 19.1 Å². The fourth-order valence-electron chi connectivity index (χ4n) is 1.62. The highest BCUT2D eigenvalue weighted by molar-refractivity contribution is 8.01. The zero-order valence-corrected chi connectivity index (χ0v) is 14.7. The van der Waals surface area contributed by atoms with E-state index in [1.165, 1.54) is 30.2 Å². The Bertz CT molecular complexity index is 664. The SMILES string of the molecule is COC(=O)CSc1nnc(NC(=O)CCCOc2ccccc2)s1. The molecule has 24 heavy (non-hydrogen) atoms. The molecular formula is C15H17N3O4S2. The molecule has 7 nitrogen and oxygen atoms in total. The number of benzene rings is 1. The molecule has 1 heterocycles. The van der Waals surface area contributed by atoms with E-state index in [0.717, 1.165) is 5.75 Å². The van der Waals surface area contributed by atoms with Crippen LogP contribution in [0.25, 0.3) is 0 Å². The molecule has 0 saturated heterocycles. The van der Waals surface area contributed by atoms with Crippen LogP contribution in [0.1, 0.15) is 12.8 Å². The Morgan fingerprint density at radius 2 is 2.04 bits per heavy atom. The number of para-hydroxylation sites is 1. The molecule has 1 amide bonds. The van der Waals surface area contributed by atoms with Gasteiger partial charge in [-0.3, -0.25) is 9.59 Å². The molecule has 2 rings (SSSR count). The molecule has 0 radical (unpaired) electrons. The lowest BCUT2D eigenvalue weighted by atomic mass is 10.3. The van der Waals surface area contributed by atoms with Crippen LogP contribution in [-0.4, -0.2) is 41.5 Å². The summed E-state index contributed by atoms with van der Waals surface area (Å²) in [5, 5.41) is 10.9. The monoisotopic (exact) mass is 367 g/mol. The number of hydrogen-bond acceptors (Lipinski definition) is 8. The largest absolute Gasteiger partial charge is 0.494 e. The van der Waals surface area contributed by atoms with Crippen LogP contribution in [0.4, 0.5) is 5.13 Å². The van der Waals surface area contributed by atoms with Crippen molar-refractivity contribution in [3.8, 4) is 5.75 Å². The number of nitrogens with zero attached hydrogens (tertiary/aromatic N) is 2. The minimum Gasteiger partial charge on any atom is -0.494 e. The Labute approximate surface area is 147 Å². The summed E-state index contributed by atoms with van der Waals surface area (Å²) < 4.78 is 10.7. The summed E-state index contributed by atoms with van der Waals surface area (Å²) in [5.41, 5.74) is 0. The first-order valence-electron chi connectivity index (χ1n) is 7.18. The van der Waals surface area contributed by atoms with Gasteiger partial charge in [0.2, 0.25) is 11.0 Å². The molecule has 0 spiro atoms. The van der Waals surface area contributed by atoms with Gasteiger partial charge in [-0.1, -0.05) is 41.3 Å². The van der Waals surface area contributed by atoms with Gasteiger partial charge in [0.1, 0.15) is 5.75 Å². The molecule has 2 aromatic rings. The van der Waals surface area contributed by atoms with E-state index in [1.807, 2.05) is 30.3 Å². The Morgan fingerprint density at radius 1 is 1.25 bits per heavy atom. The van der Waals surface area contributed by atoms with E-state index in [9.17, 15) is 9.59 Å². The fraction of sp³-hybridized carbons (Fsp3) is 0.333. The number of methoxy groups -OCH3 is 1. The number of nitrogens with one attached hydrogen (secondary N) is 1. The number of amides is 1. The molecule has 128 valence electrons. The number of rotatable bonds is 9. The number of carbonyl (C=O) groups excluding carboxylic acids is 2. The lowest BCUT2D eigenvalue weighted by Gasteiger charge is -2.05. The van der Waals surface area contributed by atoms with E-state index >= 15 is 0 Å². The lowest BCUT2D eigenvalue weighted by molar-refractivity contribution is -0.137. The number of esters is 1. The van der Waals surface area contributed by atoms with Gasteiger partial charge in [0.15, 0.2) is 4.34 Å². The van der Waals surface area contributed by atoms with Crippen LogP contribution in [-0.2, 0) is 14.3 Å². The summed E-state index contributed by atoms with van der Waals surface area (Å²) >= 11 is 2.44. The summed E-state index contributed by atoms with van der Waals surface area (Å²) in [5.74, 6) is 0.469. The number of carbonyl (C=O) groups is 2. The van der Waals surface area contributed by atoms with Crippen molar-refractivity contribution in [2.45, 2.75) is 17.2 Å². The Kier molecular flexibility index (Phi) is 7.50. The standard InChI is InChI=1S/C15H17N3O4S2/c1-21-13(20)10-23-15-18-17-14(24-15)16-12(19)8-5-9-22-11-6-3-2-4-7-11/h2-4,6-7H,5,8-10H2,1H3,(H,16,17,19). The Hall–Kier alpha value is -2.13. The smallest absolute Gasteiger partial charge is 0.316 e. The Balaban J connectivity index is 1.65. The Morgan fingerprint density at radius 3 is 2.79 bits per heavy atom. The van der Waals surface area contributed by atoms with E-state index in [1.54, 1.807) is 0 Å². The van der Waals surface area contributed by atoms with Gasteiger partial charge in [-0.25, -0.2) is 0 Å². The highest BCUT2D eigenvalue weighted by atomic mass is 32.2. The maximum atomic E-state index is 11.8. The number of thioether (sulfide) groups is 1. The lowest BCUT2D eigenvalue weighted by Crippen LogP contribution is -2.12. The molecule has 0 aliphatic carbocycles. The topological polar surface area (TPSA) is 90.4 Å². The first kappa shape index (κ1) is 18.2. The fourth-order valence-corrected chi connectivity index (χ4v) is 3.22. The van der Waals surface area contributed by atoms with Crippen molar-refractivity contribution >= 4 is 40.1 Å². The van der Waals surface area contributed by atoms with Crippen LogP contribution in [0.15, 0.2) is 34.7 Å². The quantitative estimate of drug-likeness (QED) is 0.315. The molecule has 0 aliphatic heterocycles. The van der Waals surface area contributed by atoms with Gasteiger partial charge in [0.05, 0.1) is 19.5 Å². The van der Waals surface area contributed by atoms with Gasteiger partial charge < -0.3 is 14.8 Å². The van der Waals surface area contributed by atoms with Crippen LogP contribution in [0.5, 0.6) is 5.75 Å². The summed E-state index contributed by atoms with van der Waals surface area (Å²) in [4.78, 5) is 22.9. The molecule has 0 aliphatic rings. The molecule has 0 atom stereocenters. The van der Waals surface area contributed by atoms with Crippen LogP contribution in [0.3, 0.4) is 0 Å². The zero-order valence-electron chi connectivity index (χ0n) is 13.1. The summed E-state index contributed by atoms with van der Waals surface area (Å²) in [7, 11) is 1.33. The first-order chi connectivity index (χ1) is 11.7. The number of ether oxygens (including phenoxy) is 2. The molecule has 9 heteroatoms. The second-order valence-electron chi connectivity index (χ2n) is 4.55. The highest BCUT2D eigenvalue weighted by Crippen LogP contribution is 2.25. The molecule has 1 aromatic heterocycles. The van der Waals surface area contributed by atoms with Crippen LogP contribution >= 0.6 is 23.1 Å². The van der Waals surface area contributed by atoms with Gasteiger partial charge in [-0.2, -0.15) is 0 Å². The minimum absolute atomic E-state index is 0.146. The van der Waals surface area contributed by atoms with E-state index < -0.39 is 0 Å². The van der Waals surface area contributed by atoms with Crippen molar-refractivity contribution in [1.29, 1.82) is 0 Å². The molecule has 0 saturated carbocycles. The number of aromatic nitrogens is 2. The van der Waals surface area contributed by atoms with Crippen LogP contribution < -0.4 is 10.1 Å². The average molecular weight is 367 g/mol. The third-order valence-corrected chi connectivity index (χ3v) is 4.70. The molecule has 1 aromatic carbocycles. The molecule has 1 N–H and O–H groups in total. The van der Waals surface area contributed by atoms with Crippen molar-refractivity contribution in [2.75, 3.05) is 24.8 Å². The molecule has 0 bridgehead atoms. The minimum atomic E-state index is -0.334. The van der Waals surface area contributed by atoms with E-state index in [2.05, 4.69) is 20.3 Å². The second kappa shape index (κ2) is 9.89. The third kappa shape index (κ3) is 6.55. The van der Waals surface area contributed by atoms with E-state index in [-0.39, 0.29) is 17.6 Å². The predicted octanol–water partition coefficient (Wildman–Crippen LogP) is 2.60. The summed E-state index contributed by atoms with van der Waals surface area (Å²) in [6.45, 7) is 0.466.